The van der Waals surface area contributed by atoms with Crippen molar-refractivity contribution in [3.05, 3.63) is 35.9 Å². The molecule has 0 unspecified atom stereocenters. The van der Waals surface area contributed by atoms with Crippen LogP contribution in [0.25, 0.3) is 0 Å². The van der Waals surface area contributed by atoms with Gasteiger partial charge in [0.1, 0.15) is 0 Å². The average molecular weight is 280 g/mol. The molecule has 96 valence electrons. The summed E-state index contributed by atoms with van der Waals surface area (Å²) >= 11 is 0. The first-order valence-corrected chi connectivity index (χ1v) is 7.93. The van der Waals surface area contributed by atoms with Crippen LogP contribution >= 0.6 is 0 Å². The van der Waals surface area contributed by atoms with Crippen molar-refractivity contribution in [1.82, 2.24) is 0 Å². The van der Waals surface area contributed by atoms with E-state index >= 15 is 0 Å². The van der Waals surface area contributed by atoms with Crippen LogP contribution in [0.5, 0.6) is 0 Å². The van der Waals surface area contributed by atoms with Crippen molar-refractivity contribution in [3.63, 3.8) is 0 Å². The van der Waals surface area contributed by atoms with Gasteiger partial charge in [0.15, 0.2) is 5.94 Å². The largest absolute Gasteiger partial charge is 0.293 e. The first kappa shape index (κ1) is 14.1. The lowest BCUT2D eigenvalue weighted by molar-refractivity contribution is 0.280. The zero-order valence-corrected chi connectivity index (χ0v) is 10.7. The molecule has 0 aliphatic rings. The van der Waals surface area contributed by atoms with Crippen LogP contribution in [0.15, 0.2) is 30.3 Å². The summed E-state index contributed by atoms with van der Waals surface area (Å²) in [6.45, 7) is -0.156. The fourth-order valence-electron chi connectivity index (χ4n) is 0.912. The van der Waals surface area contributed by atoms with Crippen LogP contribution in [0, 0.1) is 0 Å². The smallest absolute Gasteiger partial charge is 0.263 e. The van der Waals surface area contributed by atoms with Gasteiger partial charge in [0.25, 0.3) is 20.2 Å². The van der Waals surface area contributed by atoms with E-state index in [1.54, 1.807) is 30.3 Å². The molecule has 8 heteroatoms. The fourth-order valence-corrected chi connectivity index (χ4v) is 2.47. The summed E-state index contributed by atoms with van der Waals surface area (Å²) in [6.07, 6.45) is 0.764. The minimum atomic E-state index is -4.01. The highest BCUT2D eigenvalue weighted by Gasteiger charge is 2.15. The molecule has 0 amide bonds. The van der Waals surface area contributed by atoms with Crippen molar-refractivity contribution in [2.45, 2.75) is 6.61 Å². The van der Waals surface area contributed by atoms with Crippen LogP contribution in [0.4, 0.5) is 0 Å². The van der Waals surface area contributed by atoms with E-state index in [0.29, 0.717) is 5.56 Å². The van der Waals surface area contributed by atoms with Crippen LogP contribution in [0.3, 0.4) is 0 Å². The van der Waals surface area contributed by atoms with Crippen molar-refractivity contribution in [2.75, 3.05) is 12.2 Å². The summed E-state index contributed by atoms with van der Waals surface area (Å²) in [5.41, 5.74) is 0.662. The van der Waals surface area contributed by atoms with E-state index in [1.807, 2.05) is 0 Å². The second kappa shape index (κ2) is 5.58. The van der Waals surface area contributed by atoms with Gasteiger partial charge in [-0.25, -0.2) is 0 Å². The topological polar surface area (TPSA) is 86.7 Å². The molecule has 0 saturated carbocycles. The highest BCUT2D eigenvalue weighted by atomic mass is 32.2. The normalized spacial score (nSPS) is 12.5. The molecular formula is C9H12O6S2. The molecule has 0 aromatic heterocycles. The molecular weight excluding hydrogens is 268 g/mol. The summed E-state index contributed by atoms with van der Waals surface area (Å²) < 4.78 is 52.4. The minimum Gasteiger partial charge on any atom is -0.263 e. The highest BCUT2D eigenvalue weighted by Crippen LogP contribution is 2.05. The number of hydrogen-bond donors (Lipinski definition) is 0. The van der Waals surface area contributed by atoms with E-state index in [9.17, 15) is 16.8 Å². The Balaban J connectivity index is 2.51. The van der Waals surface area contributed by atoms with Gasteiger partial charge in [-0.1, -0.05) is 30.3 Å². The van der Waals surface area contributed by atoms with E-state index in [0.717, 1.165) is 6.26 Å². The third kappa shape index (κ3) is 6.37. The molecule has 6 nitrogen and oxygen atoms in total. The third-order valence-corrected chi connectivity index (χ3v) is 3.23. The molecule has 0 saturated heterocycles. The van der Waals surface area contributed by atoms with Crippen molar-refractivity contribution in [2.24, 2.45) is 0 Å². The number of hydrogen-bond acceptors (Lipinski definition) is 6. The van der Waals surface area contributed by atoms with E-state index < -0.39 is 26.2 Å². The maximum Gasteiger partial charge on any atom is 0.293 e. The Morgan fingerprint density at radius 2 is 1.59 bits per heavy atom. The van der Waals surface area contributed by atoms with Crippen molar-refractivity contribution >= 4 is 20.2 Å². The summed E-state index contributed by atoms with van der Waals surface area (Å²) in [6, 6.07) is 8.63. The lowest BCUT2D eigenvalue weighted by atomic mass is 10.2. The molecule has 0 bridgehead atoms. The lowest BCUT2D eigenvalue weighted by Gasteiger charge is -2.05. The predicted molar refractivity (Wildman–Crippen MR) is 60.9 cm³/mol. The molecule has 1 aromatic carbocycles. The Morgan fingerprint density at radius 3 is 2.12 bits per heavy atom. The fraction of sp³-hybridized carbons (Fsp3) is 0.333. The second-order valence-corrected chi connectivity index (χ2v) is 6.48. The van der Waals surface area contributed by atoms with Crippen LogP contribution in [0.1, 0.15) is 5.56 Å². The van der Waals surface area contributed by atoms with Gasteiger partial charge >= 0.3 is 0 Å². The molecule has 1 rings (SSSR count). The SMILES string of the molecule is CS(=O)(=O)OCS(=O)(=O)OCc1ccccc1. The Bertz CT molecular complexity index is 546. The van der Waals surface area contributed by atoms with Crippen molar-refractivity contribution < 1.29 is 25.2 Å². The molecule has 17 heavy (non-hydrogen) atoms. The average Bonchev–Trinajstić information content (AvgIpc) is 2.25. The third-order valence-electron chi connectivity index (χ3n) is 1.65. The van der Waals surface area contributed by atoms with Gasteiger partial charge in [-0.15, -0.1) is 0 Å². The molecule has 0 aliphatic heterocycles. The van der Waals surface area contributed by atoms with E-state index in [4.69, 9.17) is 0 Å². The summed E-state index contributed by atoms with van der Waals surface area (Å²) in [7, 11) is -7.81. The van der Waals surface area contributed by atoms with Gasteiger partial charge in [0.05, 0.1) is 12.9 Å². The van der Waals surface area contributed by atoms with Crippen LogP contribution < -0.4 is 0 Å². The summed E-state index contributed by atoms with van der Waals surface area (Å²) in [4.78, 5) is 0. The van der Waals surface area contributed by atoms with Crippen LogP contribution in [-0.4, -0.2) is 29.0 Å². The number of rotatable bonds is 6. The Hall–Kier alpha value is -0.960. The van der Waals surface area contributed by atoms with Crippen LogP contribution in [0.2, 0.25) is 0 Å². The molecule has 1 aromatic rings. The van der Waals surface area contributed by atoms with Gasteiger partial charge in [-0.2, -0.15) is 16.8 Å². The monoisotopic (exact) mass is 280 g/mol. The standard InChI is InChI=1S/C9H12O6S2/c1-16(10,11)15-8-17(12,13)14-7-9-5-3-2-4-6-9/h2-6H,7-8H2,1H3. The molecule has 0 fully saturated rings. The van der Waals surface area contributed by atoms with E-state index in [1.165, 1.54) is 0 Å². The predicted octanol–water partition coefficient (Wildman–Crippen LogP) is 0.467. The number of benzene rings is 1. The quantitative estimate of drug-likeness (QED) is 0.704. The van der Waals surface area contributed by atoms with Crippen molar-refractivity contribution in [1.29, 1.82) is 0 Å². The Kier molecular flexibility index (Phi) is 4.63. The molecule has 0 aliphatic carbocycles. The Labute approximate surface area is 100 Å². The highest BCUT2D eigenvalue weighted by molar-refractivity contribution is 7.89. The first-order chi connectivity index (χ1) is 7.79. The minimum absolute atomic E-state index is 0.156. The van der Waals surface area contributed by atoms with Gasteiger partial charge in [-0.3, -0.25) is 8.37 Å². The molecule has 0 spiro atoms. The molecule has 0 atom stereocenters. The van der Waals surface area contributed by atoms with Crippen molar-refractivity contribution in [3.8, 4) is 0 Å². The van der Waals surface area contributed by atoms with Gasteiger partial charge in [0, 0.05) is 0 Å². The molecule has 0 radical (unpaired) electrons. The van der Waals surface area contributed by atoms with Gasteiger partial charge in [-0.05, 0) is 5.56 Å². The zero-order chi connectivity index (χ0) is 12.9. The van der Waals surface area contributed by atoms with Gasteiger partial charge < -0.3 is 0 Å². The van der Waals surface area contributed by atoms with E-state index in [-0.39, 0.29) is 6.61 Å². The van der Waals surface area contributed by atoms with E-state index in [2.05, 4.69) is 8.37 Å². The summed E-state index contributed by atoms with van der Waals surface area (Å²) in [5, 5.41) is 0. The molecule has 0 heterocycles. The van der Waals surface area contributed by atoms with Crippen LogP contribution in [-0.2, 0) is 35.2 Å². The first-order valence-electron chi connectivity index (χ1n) is 4.54. The maximum absolute atomic E-state index is 11.2. The Morgan fingerprint density at radius 1 is 1.00 bits per heavy atom. The second-order valence-electron chi connectivity index (χ2n) is 3.25. The zero-order valence-electron chi connectivity index (χ0n) is 9.07. The van der Waals surface area contributed by atoms with Gasteiger partial charge in [0.2, 0.25) is 0 Å². The lowest BCUT2D eigenvalue weighted by Crippen LogP contribution is -2.16. The summed E-state index contributed by atoms with van der Waals surface area (Å²) in [5.74, 6) is -1.02. The maximum atomic E-state index is 11.2. The molecule has 0 N–H and O–H groups in total.